The van der Waals surface area contributed by atoms with Gasteiger partial charge in [0.25, 0.3) is 0 Å². The van der Waals surface area contributed by atoms with Gasteiger partial charge in [-0.1, -0.05) is 49.2 Å². The van der Waals surface area contributed by atoms with E-state index in [-0.39, 0.29) is 0 Å². The molecule has 1 atom stereocenters. The van der Waals surface area contributed by atoms with Crippen LogP contribution in [-0.2, 0) is 4.57 Å². The Labute approximate surface area is 141 Å². The van der Waals surface area contributed by atoms with Crippen molar-refractivity contribution in [2.24, 2.45) is 0 Å². The van der Waals surface area contributed by atoms with Crippen molar-refractivity contribution < 1.29 is 9.09 Å². The van der Waals surface area contributed by atoms with Crippen LogP contribution in [0.2, 0.25) is 10.0 Å². The highest BCUT2D eigenvalue weighted by atomic mass is 35.5. The predicted molar refractivity (Wildman–Crippen MR) is 94.8 cm³/mol. The Morgan fingerprint density at radius 3 is 2.32 bits per heavy atom. The number of nitrogens with one attached hydrogen (secondary N) is 1. The molecule has 0 heterocycles. The van der Waals surface area contributed by atoms with Gasteiger partial charge in [0.15, 0.2) is 0 Å². The minimum Gasteiger partial charge on any atom is -0.429 e. The van der Waals surface area contributed by atoms with Crippen molar-refractivity contribution in [3.05, 3.63) is 58.1 Å². The first-order chi connectivity index (χ1) is 10.3. The molecule has 0 unspecified atom stereocenters. The summed E-state index contributed by atoms with van der Waals surface area (Å²) in [7, 11) is -3.12. The third kappa shape index (κ3) is 4.67. The van der Waals surface area contributed by atoms with Gasteiger partial charge in [-0.3, -0.25) is 4.57 Å². The van der Waals surface area contributed by atoms with Gasteiger partial charge in [-0.2, -0.15) is 0 Å². The molecule has 0 aliphatic heterocycles. The highest BCUT2D eigenvalue weighted by molar-refractivity contribution is 7.60. The van der Waals surface area contributed by atoms with E-state index in [0.717, 1.165) is 0 Å². The molecule has 6 heteroatoms. The summed E-state index contributed by atoms with van der Waals surface area (Å²) >= 11 is 12.0. The van der Waals surface area contributed by atoms with Crippen molar-refractivity contribution in [3.8, 4) is 5.75 Å². The van der Waals surface area contributed by atoms with E-state index in [9.17, 15) is 4.57 Å². The fourth-order valence-corrected chi connectivity index (χ4v) is 3.53. The first-order valence-corrected chi connectivity index (χ1v) is 9.70. The molecule has 2 aromatic carbocycles. The standard InChI is InChI=1S/C16H18Cl2NO2P/c1-11(2)12-4-7-14(8-5-12)21-22(3,20)19-16-10-13(17)6-9-15(16)18/h4-11H,1-3H3,(H,19,20)/t22-/m1/s1. The van der Waals surface area contributed by atoms with E-state index in [1.807, 2.05) is 24.3 Å². The predicted octanol–water partition coefficient (Wildman–Crippen LogP) is 6.43. The van der Waals surface area contributed by atoms with Crippen molar-refractivity contribution in [1.29, 1.82) is 0 Å². The van der Waals surface area contributed by atoms with Crippen molar-refractivity contribution in [2.45, 2.75) is 19.8 Å². The van der Waals surface area contributed by atoms with E-state index in [4.69, 9.17) is 27.7 Å². The summed E-state index contributed by atoms with van der Waals surface area (Å²) < 4.78 is 18.2. The molecule has 118 valence electrons. The molecular formula is C16H18Cl2NO2P. The minimum atomic E-state index is -3.12. The van der Waals surface area contributed by atoms with Gasteiger partial charge in [-0.25, -0.2) is 0 Å². The number of hydrogen-bond donors (Lipinski definition) is 1. The molecular weight excluding hydrogens is 340 g/mol. The summed E-state index contributed by atoms with van der Waals surface area (Å²) in [6.07, 6.45) is 0. The summed E-state index contributed by atoms with van der Waals surface area (Å²) in [6, 6.07) is 12.5. The molecule has 0 amide bonds. The molecule has 1 N–H and O–H groups in total. The van der Waals surface area contributed by atoms with Gasteiger partial charge in [-0.15, -0.1) is 0 Å². The molecule has 0 aromatic heterocycles. The fraction of sp³-hybridized carbons (Fsp3) is 0.250. The lowest BCUT2D eigenvalue weighted by atomic mass is 10.0. The third-order valence-electron chi connectivity index (χ3n) is 3.08. The summed E-state index contributed by atoms with van der Waals surface area (Å²) in [6.45, 7) is 5.73. The first-order valence-electron chi connectivity index (χ1n) is 6.87. The number of benzene rings is 2. The highest BCUT2D eigenvalue weighted by Gasteiger charge is 2.19. The average molecular weight is 358 g/mol. The second-order valence-corrected chi connectivity index (χ2v) is 8.34. The Hall–Kier alpha value is -1.15. The number of anilines is 1. The first kappa shape index (κ1) is 17.2. The van der Waals surface area contributed by atoms with Gasteiger partial charge in [0.1, 0.15) is 5.75 Å². The maximum atomic E-state index is 12.6. The second-order valence-electron chi connectivity index (χ2n) is 5.40. The minimum absolute atomic E-state index is 0.435. The Balaban J connectivity index is 2.13. The van der Waals surface area contributed by atoms with Crippen LogP contribution in [-0.4, -0.2) is 6.66 Å². The topological polar surface area (TPSA) is 38.3 Å². The van der Waals surface area contributed by atoms with E-state index in [1.165, 1.54) is 12.2 Å². The van der Waals surface area contributed by atoms with Crippen molar-refractivity contribution in [3.63, 3.8) is 0 Å². The van der Waals surface area contributed by atoms with E-state index in [1.54, 1.807) is 18.2 Å². The zero-order valence-corrected chi connectivity index (χ0v) is 15.0. The zero-order chi connectivity index (χ0) is 16.3. The molecule has 0 aliphatic carbocycles. The lowest BCUT2D eigenvalue weighted by Crippen LogP contribution is -2.03. The smallest absolute Gasteiger partial charge is 0.338 e. The normalized spacial score (nSPS) is 13.7. The zero-order valence-electron chi connectivity index (χ0n) is 12.6. The van der Waals surface area contributed by atoms with Crippen LogP contribution < -0.4 is 9.61 Å². The number of rotatable bonds is 5. The molecule has 3 nitrogen and oxygen atoms in total. The van der Waals surface area contributed by atoms with Crippen molar-refractivity contribution in [1.82, 2.24) is 0 Å². The van der Waals surface area contributed by atoms with E-state index in [2.05, 4.69) is 18.9 Å². The quantitative estimate of drug-likeness (QED) is 0.626. The van der Waals surface area contributed by atoms with Crippen molar-refractivity contribution in [2.75, 3.05) is 11.8 Å². The van der Waals surface area contributed by atoms with Gasteiger partial charge < -0.3 is 9.61 Å². The Morgan fingerprint density at radius 1 is 1.09 bits per heavy atom. The lowest BCUT2D eigenvalue weighted by molar-refractivity contribution is 0.493. The van der Waals surface area contributed by atoms with Gasteiger partial charge in [0.2, 0.25) is 0 Å². The number of halogens is 2. The largest absolute Gasteiger partial charge is 0.429 e. The van der Waals surface area contributed by atoms with E-state index >= 15 is 0 Å². The van der Waals surface area contributed by atoms with Crippen LogP contribution in [0.4, 0.5) is 5.69 Å². The SMILES string of the molecule is CC(C)c1ccc(O[P@@](C)(=O)Nc2cc(Cl)ccc2Cl)cc1. The average Bonchev–Trinajstić information content (AvgIpc) is 2.42. The molecule has 0 fully saturated rings. The van der Waals surface area contributed by atoms with Crippen LogP contribution >= 0.6 is 30.7 Å². The summed E-state index contributed by atoms with van der Waals surface area (Å²) in [5.41, 5.74) is 1.68. The maximum absolute atomic E-state index is 12.6. The van der Waals surface area contributed by atoms with Crippen LogP contribution in [0.1, 0.15) is 25.3 Å². The summed E-state index contributed by atoms with van der Waals surface area (Å²) in [5.74, 6) is 0.978. The van der Waals surface area contributed by atoms with E-state index < -0.39 is 7.52 Å². The Kier molecular flexibility index (Phi) is 5.44. The Morgan fingerprint density at radius 2 is 1.73 bits per heavy atom. The second kappa shape index (κ2) is 6.95. The monoisotopic (exact) mass is 357 g/mol. The summed E-state index contributed by atoms with van der Waals surface area (Å²) in [4.78, 5) is 0. The molecule has 0 bridgehead atoms. The van der Waals surface area contributed by atoms with Crippen LogP contribution in [0.25, 0.3) is 0 Å². The third-order valence-corrected chi connectivity index (χ3v) is 4.85. The maximum Gasteiger partial charge on any atom is 0.338 e. The molecule has 22 heavy (non-hydrogen) atoms. The van der Waals surface area contributed by atoms with Gasteiger partial charge >= 0.3 is 7.52 Å². The molecule has 0 radical (unpaired) electrons. The van der Waals surface area contributed by atoms with Gasteiger partial charge in [-0.05, 0) is 41.8 Å². The fourth-order valence-electron chi connectivity index (χ4n) is 1.94. The number of hydrogen-bond acceptors (Lipinski definition) is 2. The van der Waals surface area contributed by atoms with Crippen LogP contribution in [0.15, 0.2) is 42.5 Å². The van der Waals surface area contributed by atoms with Crippen LogP contribution in [0, 0.1) is 0 Å². The van der Waals surface area contributed by atoms with Crippen molar-refractivity contribution >= 4 is 36.4 Å². The highest BCUT2D eigenvalue weighted by Crippen LogP contribution is 2.45. The van der Waals surface area contributed by atoms with Crippen LogP contribution in [0.5, 0.6) is 5.75 Å². The summed E-state index contributed by atoms with van der Waals surface area (Å²) in [5, 5.41) is 3.77. The van der Waals surface area contributed by atoms with Gasteiger partial charge in [0.05, 0.1) is 10.7 Å². The van der Waals surface area contributed by atoms with E-state index in [0.29, 0.717) is 27.4 Å². The molecule has 2 aromatic rings. The molecule has 2 rings (SSSR count). The molecule has 0 saturated carbocycles. The van der Waals surface area contributed by atoms with Crippen LogP contribution in [0.3, 0.4) is 0 Å². The lowest BCUT2D eigenvalue weighted by Gasteiger charge is -2.18. The van der Waals surface area contributed by atoms with Gasteiger partial charge in [0, 0.05) is 11.7 Å². The molecule has 0 saturated heterocycles. The Bertz CT molecular complexity index is 702. The molecule has 0 aliphatic rings. The molecule has 0 spiro atoms.